The lowest BCUT2D eigenvalue weighted by atomic mass is 10.1. The zero-order chi connectivity index (χ0) is 22.3. The second-order valence-corrected chi connectivity index (χ2v) is 8.57. The van der Waals surface area contributed by atoms with Crippen molar-refractivity contribution in [2.24, 2.45) is 4.99 Å². The summed E-state index contributed by atoms with van der Waals surface area (Å²) < 4.78 is 7.47. The van der Waals surface area contributed by atoms with Gasteiger partial charge in [-0.3, -0.25) is 10.3 Å². The predicted octanol–water partition coefficient (Wildman–Crippen LogP) is 2.87. The third-order valence-corrected chi connectivity index (χ3v) is 4.88. The van der Waals surface area contributed by atoms with Gasteiger partial charge in [-0.15, -0.1) is 10.2 Å². The molecule has 9 nitrogen and oxygen atoms in total. The van der Waals surface area contributed by atoms with Crippen LogP contribution in [0.2, 0.25) is 0 Å². The van der Waals surface area contributed by atoms with E-state index in [0.29, 0.717) is 12.2 Å². The van der Waals surface area contributed by atoms with Crippen LogP contribution >= 0.6 is 0 Å². The van der Waals surface area contributed by atoms with Crippen LogP contribution in [0.3, 0.4) is 0 Å². The van der Waals surface area contributed by atoms with Gasteiger partial charge in [0.2, 0.25) is 0 Å². The summed E-state index contributed by atoms with van der Waals surface area (Å²) in [6, 6.07) is 7.74. The Kier molecular flexibility index (Phi) is 7.49. The number of hydrogen-bond acceptors (Lipinski definition) is 5. The first-order valence-electron chi connectivity index (χ1n) is 10.8. The molecule has 1 aliphatic heterocycles. The van der Waals surface area contributed by atoms with E-state index in [1.165, 1.54) is 12.8 Å². The number of carbonyl (C=O) groups is 1. The number of hydrogen-bond donors (Lipinski definition) is 3. The van der Waals surface area contributed by atoms with E-state index in [9.17, 15) is 4.79 Å². The molecule has 0 unspecified atom stereocenters. The van der Waals surface area contributed by atoms with Crippen LogP contribution in [0.15, 0.2) is 29.3 Å². The fraction of sp³-hybridized carbons (Fsp3) is 0.545. The average Bonchev–Trinajstić information content (AvgIpc) is 3.13. The summed E-state index contributed by atoms with van der Waals surface area (Å²) in [7, 11) is 1.76. The monoisotopic (exact) mass is 427 g/mol. The Hall–Kier alpha value is -3.10. The number of aromatic nitrogens is 3. The Morgan fingerprint density at radius 2 is 1.94 bits per heavy atom. The molecule has 1 amide bonds. The molecule has 0 spiro atoms. The Labute approximate surface area is 183 Å². The van der Waals surface area contributed by atoms with Crippen molar-refractivity contribution in [2.45, 2.75) is 65.1 Å². The highest BCUT2D eigenvalue weighted by Crippen LogP contribution is 2.14. The molecule has 0 radical (unpaired) electrons. The van der Waals surface area contributed by atoms with Crippen LogP contribution in [0.5, 0.6) is 0 Å². The minimum atomic E-state index is -0.518. The molecular weight excluding hydrogens is 394 g/mol. The first-order chi connectivity index (χ1) is 14.8. The molecule has 9 heteroatoms. The van der Waals surface area contributed by atoms with Gasteiger partial charge in [-0.1, -0.05) is 12.1 Å². The molecule has 0 saturated carbocycles. The van der Waals surface area contributed by atoms with Crippen LogP contribution < -0.4 is 16.0 Å². The normalized spacial score (nSPS) is 14.0. The first-order valence-corrected chi connectivity index (χ1v) is 10.8. The smallest absolute Gasteiger partial charge is 0.412 e. The van der Waals surface area contributed by atoms with Gasteiger partial charge in [0.25, 0.3) is 0 Å². The Morgan fingerprint density at radius 1 is 1.16 bits per heavy atom. The van der Waals surface area contributed by atoms with Gasteiger partial charge in [0.05, 0.1) is 6.54 Å². The van der Waals surface area contributed by atoms with E-state index in [1.807, 2.05) is 45.0 Å². The van der Waals surface area contributed by atoms with Crippen molar-refractivity contribution in [3.05, 3.63) is 41.5 Å². The Bertz CT molecular complexity index is 898. The van der Waals surface area contributed by atoms with Gasteiger partial charge in [-0.05, 0) is 57.7 Å². The van der Waals surface area contributed by atoms with E-state index in [2.05, 4.69) is 35.7 Å². The number of ether oxygens (including phenoxy) is 1. The summed E-state index contributed by atoms with van der Waals surface area (Å²) in [6.07, 6.45) is 3.75. The lowest BCUT2D eigenvalue weighted by Crippen LogP contribution is -2.38. The minimum absolute atomic E-state index is 0.453. The lowest BCUT2D eigenvalue weighted by molar-refractivity contribution is 0.0636. The first kappa shape index (κ1) is 22.6. The van der Waals surface area contributed by atoms with Crippen molar-refractivity contribution in [3.63, 3.8) is 0 Å². The Balaban J connectivity index is 1.41. The van der Waals surface area contributed by atoms with Gasteiger partial charge in [-0.2, -0.15) is 0 Å². The van der Waals surface area contributed by atoms with Crippen molar-refractivity contribution in [2.75, 3.05) is 18.9 Å². The molecule has 1 aliphatic rings. The standard InChI is InChI=1S/C22H33N7O2/c1-22(2,3)31-21(30)26-17-10-8-16(9-11-17)12-13-24-20(23-4)25-15-19-28-27-18-7-5-6-14-29(18)19/h8-11H,5-7,12-15H2,1-4H3,(H,26,30)(H2,23,24,25). The van der Waals surface area contributed by atoms with Gasteiger partial charge < -0.3 is 19.9 Å². The molecule has 2 aromatic rings. The molecule has 0 fully saturated rings. The number of aryl methyl sites for hydroxylation is 1. The van der Waals surface area contributed by atoms with Crippen molar-refractivity contribution < 1.29 is 9.53 Å². The van der Waals surface area contributed by atoms with E-state index in [0.717, 1.165) is 49.1 Å². The Morgan fingerprint density at radius 3 is 2.65 bits per heavy atom. The molecule has 31 heavy (non-hydrogen) atoms. The lowest BCUT2D eigenvalue weighted by Gasteiger charge is -2.19. The molecule has 1 aromatic carbocycles. The van der Waals surface area contributed by atoms with Crippen LogP contribution in [-0.4, -0.2) is 46.0 Å². The van der Waals surface area contributed by atoms with Crippen LogP contribution in [-0.2, 0) is 30.7 Å². The second-order valence-electron chi connectivity index (χ2n) is 8.57. The quantitative estimate of drug-likeness (QED) is 0.484. The van der Waals surface area contributed by atoms with Gasteiger partial charge in [0.1, 0.15) is 11.4 Å². The maximum Gasteiger partial charge on any atom is 0.412 e. The maximum absolute atomic E-state index is 11.8. The summed E-state index contributed by atoms with van der Waals surface area (Å²) >= 11 is 0. The summed E-state index contributed by atoms with van der Waals surface area (Å²) in [4.78, 5) is 16.1. The van der Waals surface area contributed by atoms with Crippen molar-refractivity contribution in [1.82, 2.24) is 25.4 Å². The molecule has 168 valence electrons. The van der Waals surface area contributed by atoms with Gasteiger partial charge >= 0.3 is 6.09 Å². The van der Waals surface area contributed by atoms with Crippen LogP contribution in [0.25, 0.3) is 0 Å². The third-order valence-electron chi connectivity index (χ3n) is 4.88. The molecule has 2 heterocycles. The summed E-state index contributed by atoms with van der Waals surface area (Å²) in [5.41, 5.74) is 1.35. The fourth-order valence-electron chi connectivity index (χ4n) is 3.38. The van der Waals surface area contributed by atoms with E-state index < -0.39 is 11.7 Å². The zero-order valence-corrected chi connectivity index (χ0v) is 18.9. The third kappa shape index (κ3) is 6.97. The second kappa shape index (κ2) is 10.3. The van der Waals surface area contributed by atoms with E-state index in [1.54, 1.807) is 7.05 Å². The number of nitrogens with one attached hydrogen (secondary N) is 3. The molecule has 3 rings (SSSR count). The van der Waals surface area contributed by atoms with Crippen LogP contribution in [0, 0.1) is 0 Å². The number of rotatable bonds is 6. The summed E-state index contributed by atoms with van der Waals surface area (Å²) in [5, 5.41) is 18.0. The zero-order valence-electron chi connectivity index (χ0n) is 18.9. The van der Waals surface area contributed by atoms with Crippen molar-refractivity contribution >= 4 is 17.7 Å². The highest BCUT2D eigenvalue weighted by molar-refractivity contribution is 5.84. The van der Waals surface area contributed by atoms with E-state index in [-0.39, 0.29) is 0 Å². The average molecular weight is 428 g/mol. The summed E-state index contributed by atoms with van der Waals surface area (Å²) in [5.74, 6) is 2.76. The van der Waals surface area contributed by atoms with Crippen molar-refractivity contribution in [1.29, 1.82) is 0 Å². The highest BCUT2D eigenvalue weighted by Gasteiger charge is 2.17. The minimum Gasteiger partial charge on any atom is -0.444 e. The molecule has 0 atom stereocenters. The molecular formula is C22H33N7O2. The number of nitrogens with zero attached hydrogens (tertiary/aromatic N) is 4. The van der Waals surface area contributed by atoms with E-state index >= 15 is 0 Å². The topological polar surface area (TPSA) is 105 Å². The number of anilines is 1. The number of fused-ring (bicyclic) bond motifs is 1. The molecule has 0 aliphatic carbocycles. The number of guanidine groups is 1. The van der Waals surface area contributed by atoms with Gasteiger partial charge in [0, 0.05) is 32.2 Å². The summed E-state index contributed by atoms with van der Waals surface area (Å²) in [6.45, 7) is 7.83. The number of amides is 1. The fourth-order valence-corrected chi connectivity index (χ4v) is 3.38. The van der Waals surface area contributed by atoms with Crippen molar-refractivity contribution in [3.8, 4) is 0 Å². The van der Waals surface area contributed by atoms with Gasteiger partial charge in [0.15, 0.2) is 11.8 Å². The molecule has 3 N–H and O–H groups in total. The molecule has 1 aromatic heterocycles. The predicted molar refractivity (Wildman–Crippen MR) is 121 cm³/mol. The van der Waals surface area contributed by atoms with Crippen LogP contribution in [0.4, 0.5) is 10.5 Å². The SMILES string of the molecule is CN=C(NCCc1ccc(NC(=O)OC(C)(C)C)cc1)NCc1nnc2n1CCCC2. The number of aliphatic imine (C=N–C) groups is 1. The number of carbonyl (C=O) groups excluding carboxylic acids is 1. The molecule has 0 bridgehead atoms. The van der Waals surface area contributed by atoms with Crippen LogP contribution in [0.1, 0.15) is 50.8 Å². The molecule has 0 saturated heterocycles. The van der Waals surface area contributed by atoms with Gasteiger partial charge in [-0.25, -0.2) is 4.79 Å². The largest absolute Gasteiger partial charge is 0.444 e. The number of benzene rings is 1. The highest BCUT2D eigenvalue weighted by atomic mass is 16.6. The van der Waals surface area contributed by atoms with E-state index in [4.69, 9.17) is 4.74 Å². The maximum atomic E-state index is 11.8.